The van der Waals surface area contributed by atoms with Crippen LogP contribution in [0.3, 0.4) is 0 Å². The first-order valence-corrected chi connectivity index (χ1v) is 6.80. The van der Waals surface area contributed by atoms with Gasteiger partial charge in [-0.3, -0.25) is 14.9 Å². The summed E-state index contributed by atoms with van der Waals surface area (Å²) in [5.41, 5.74) is 2.97. The van der Waals surface area contributed by atoms with Gasteiger partial charge in [0.1, 0.15) is 0 Å². The quantitative estimate of drug-likeness (QED) is 0.523. The van der Waals surface area contributed by atoms with Crippen molar-refractivity contribution in [1.29, 1.82) is 0 Å². The zero-order valence-electron chi connectivity index (χ0n) is 12.2. The van der Waals surface area contributed by atoms with Crippen LogP contribution in [0, 0.1) is 17.0 Å². The molecule has 112 valence electrons. The Hall–Kier alpha value is -2.95. The summed E-state index contributed by atoms with van der Waals surface area (Å²) in [5.74, 6) is -0.209. The van der Waals surface area contributed by atoms with E-state index in [1.165, 1.54) is 23.8 Å². The highest BCUT2D eigenvalue weighted by molar-refractivity contribution is 5.91. The van der Waals surface area contributed by atoms with Crippen molar-refractivity contribution in [3.8, 4) is 0 Å². The number of nitro groups is 1. The number of non-ortho nitro benzene ring substituents is 1. The molecule has 5 heteroatoms. The van der Waals surface area contributed by atoms with Crippen LogP contribution >= 0.6 is 0 Å². The van der Waals surface area contributed by atoms with Gasteiger partial charge in [0.15, 0.2) is 0 Å². The van der Waals surface area contributed by atoms with Crippen molar-refractivity contribution in [3.63, 3.8) is 0 Å². The Labute approximate surface area is 128 Å². The normalized spacial score (nSPS) is 10.6. The van der Waals surface area contributed by atoms with Crippen molar-refractivity contribution in [2.75, 3.05) is 0 Å². The molecule has 2 aromatic rings. The molecule has 0 heterocycles. The summed E-state index contributed by atoms with van der Waals surface area (Å²) in [6.07, 6.45) is 3.21. The molecule has 1 amide bonds. The third kappa shape index (κ3) is 4.56. The number of hydrogen-bond donors (Lipinski definition) is 1. The van der Waals surface area contributed by atoms with Gasteiger partial charge in [0.2, 0.25) is 5.91 Å². The van der Waals surface area contributed by atoms with Crippen LogP contribution in [0.15, 0.2) is 54.6 Å². The molecule has 0 saturated heterocycles. The first kappa shape index (κ1) is 15.4. The molecule has 0 aliphatic heterocycles. The highest BCUT2D eigenvalue weighted by Crippen LogP contribution is 2.11. The maximum Gasteiger partial charge on any atom is 0.269 e. The number of carbonyl (C=O) groups is 1. The van der Waals surface area contributed by atoms with Crippen LogP contribution in [0.25, 0.3) is 6.08 Å². The Bertz CT molecular complexity index is 689. The van der Waals surface area contributed by atoms with Gasteiger partial charge in [0.05, 0.1) is 4.92 Å². The minimum Gasteiger partial charge on any atom is -0.348 e. The molecule has 0 atom stereocenters. The lowest BCUT2D eigenvalue weighted by molar-refractivity contribution is -0.384. The second-order valence-electron chi connectivity index (χ2n) is 4.89. The van der Waals surface area contributed by atoms with Gasteiger partial charge in [0, 0.05) is 24.8 Å². The van der Waals surface area contributed by atoms with Gasteiger partial charge >= 0.3 is 0 Å². The van der Waals surface area contributed by atoms with E-state index in [1.54, 1.807) is 18.2 Å². The van der Waals surface area contributed by atoms with Gasteiger partial charge in [-0.05, 0) is 24.1 Å². The number of rotatable bonds is 5. The van der Waals surface area contributed by atoms with Gasteiger partial charge in [-0.2, -0.15) is 0 Å². The highest BCUT2D eigenvalue weighted by Gasteiger charge is 2.04. The van der Waals surface area contributed by atoms with Gasteiger partial charge in [0.25, 0.3) is 5.69 Å². The van der Waals surface area contributed by atoms with Crippen LogP contribution < -0.4 is 5.32 Å². The van der Waals surface area contributed by atoms with Crippen LogP contribution in [0.1, 0.15) is 16.7 Å². The van der Waals surface area contributed by atoms with E-state index in [0.717, 1.165) is 11.1 Å². The number of nitrogens with zero attached hydrogens (tertiary/aromatic N) is 1. The average Bonchev–Trinajstić information content (AvgIpc) is 2.52. The Morgan fingerprint density at radius 2 is 1.77 bits per heavy atom. The molecule has 0 unspecified atom stereocenters. The van der Waals surface area contributed by atoms with E-state index >= 15 is 0 Å². The molecule has 5 nitrogen and oxygen atoms in total. The van der Waals surface area contributed by atoms with E-state index in [4.69, 9.17) is 0 Å². The number of benzene rings is 2. The molecule has 0 bridgehead atoms. The van der Waals surface area contributed by atoms with Gasteiger partial charge in [-0.25, -0.2) is 0 Å². The fourth-order valence-corrected chi connectivity index (χ4v) is 1.83. The van der Waals surface area contributed by atoms with Crippen molar-refractivity contribution in [2.24, 2.45) is 0 Å². The first-order chi connectivity index (χ1) is 10.5. The predicted octanol–water partition coefficient (Wildman–Crippen LogP) is 3.23. The van der Waals surface area contributed by atoms with E-state index < -0.39 is 4.92 Å². The Balaban J connectivity index is 1.87. The Morgan fingerprint density at radius 1 is 1.14 bits per heavy atom. The van der Waals surface area contributed by atoms with E-state index in [1.807, 2.05) is 31.2 Å². The molecule has 0 fully saturated rings. The number of amides is 1. The predicted molar refractivity (Wildman–Crippen MR) is 85.2 cm³/mol. The molecule has 2 aromatic carbocycles. The largest absolute Gasteiger partial charge is 0.348 e. The molecule has 2 rings (SSSR count). The maximum atomic E-state index is 11.7. The zero-order chi connectivity index (χ0) is 15.9. The van der Waals surface area contributed by atoms with Crippen molar-refractivity contribution in [3.05, 3.63) is 81.4 Å². The number of hydrogen-bond acceptors (Lipinski definition) is 3. The molecular weight excluding hydrogens is 280 g/mol. The monoisotopic (exact) mass is 296 g/mol. The number of carbonyl (C=O) groups excluding carboxylic acids is 1. The fraction of sp³-hybridized carbons (Fsp3) is 0.118. The van der Waals surface area contributed by atoms with Crippen LogP contribution in [0.4, 0.5) is 5.69 Å². The smallest absolute Gasteiger partial charge is 0.269 e. The molecule has 0 spiro atoms. The van der Waals surface area contributed by atoms with E-state index in [2.05, 4.69) is 5.32 Å². The lowest BCUT2D eigenvalue weighted by Gasteiger charge is -2.02. The Morgan fingerprint density at radius 3 is 2.36 bits per heavy atom. The highest BCUT2D eigenvalue weighted by atomic mass is 16.6. The third-order valence-corrected chi connectivity index (χ3v) is 3.12. The number of nitrogens with one attached hydrogen (secondary N) is 1. The number of aryl methyl sites for hydroxylation is 1. The summed E-state index contributed by atoms with van der Waals surface area (Å²) < 4.78 is 0. The van der Waals surface area contributed by atoms with Crippen molar-refractivity contribution in [2.45, 2.75) is 13.5 Å². The number of nitro benzene ring substituents is 1. The standard InChI is InChI=1S/C17H16N2O3/c1-13-2-4-14(5-3-13)8-11-17(20)18-12-15-6-9-16(10-7-15)19(21)22/h2-11H,12H2,1H3,(H,18,20)/b11-8+. The molecule has 22 heavy (non-hydrogen) atoms. The third-order valence-electron chi connectivity index (χ3n) is 3.12. The molecule has 0 saturated carbocycles. The lowest BCUT2D eigenvalue weighted by atomic mass is 10.1. The van der Waals surface area contributed by atoms with Crippen molar-refractivity contribution < 1.29 is 9.72 Å². The molecule has 0 aliphatic carbocycles. The van der Waals surface area contributed by atoms with Gasteiger partial charge in [-0.15, -0.1) is 0 Å². The summed E-state index contributed by atoms with van der Waals surface area (Å²) in [4.78, 5) is 21.8. The van der Waals surface area contributed by atoms with Crippen LogP contribution in [0.2, 0.25) is 0 Å². The Kier molecular flexibility index (Phi) is 5.03. The van der Waals surface area contributed by atoms with E-state index in [-0.39, 0.29) is 11.6 Å². The molecule has 0 aliphatic rings. The SMILES string of the molecule is Cc1ccc(/C=C/C(=O)NCc2ccc([N+](=O)[O-])cc2)cc1. The lowest BCUT2D eigenvalue weighted by Crippen LogP contribution is -2.20. The maximum absolute atomic E-state index is 11.7. The van der Waals surface area contributed by atoms with Crippen molar-refractivity contribution in [1.82, 2.24) is 5.32 Å². The summed E-state index contributed by atoms with van der Waals surface area (Å²) in [7, 11) is 0. The first-order valence-electron chi connectivity index (χ1n) is 6.80. The molecular formula is C17H16N2O3. The topological polar surface area (TPSA) is 72.2 Å². The molecule has 1 N–H and O–H groups in total. The average molecular weight is 296 g/mol. The fourth-order valence-electron chi connectivity index (χ4n) is 1.83. The van der Waals surface area contributed by atoms with Crippen LogP contribution in [-0.4, -0.2) is 10.8 Å². The van der Waals surface area contributed by atoms with Crippen LogP contribution in [0.5, 0.6) is 0 Å². The van der Waals surface area contributed by atoms with Crippen LogP contribution in [-0.2, 0) is 11.3 Å². The minimum absolute atomic E-state index is 0.0364. The van der Waals surface area contributed by atoms with Crippen molar-refractivity contribution >= 4 is 17.7 Å². The molecule has 0 aromatic heterocycles. The zero-order valence-corrected chi connectivity index (χ0v) is 12.2. The summed E-state index contributed by atoms with van der Waals surface area (Å²) in [6, 6.07) is 13.9. The minimum atomic E-state index is -0.452. The second kappa shape index (κ2) is 7.17. The van der Waals surface area contributed by atoms with Gasteiger partial charge in [-0.1, -0.05) is 42.0 Å². The van der Waals surface area contributed by atoms with E-state index in [0.29, 0.717) is 6.54 Å². The summed E-state index contributed by atoms with van der Waals surface area (Å²) >= 11 is 0. The van der Waals surface area contributed by atoms with E-state index in [9.17, 15) is 14.9 Å². The van der Waals surface area contributed by atoms with Gasteiger partial charge < -0.3 is 5.32 Å². The summed E-state index contributed by atoms with van der Waals surface area (Å²) in [6.45, 7) is 2.33. The second-order valence-corrected chi connectivity index (χ2v) is 4.89. The summed E-state index contributed by atoms with van der Waals surface area (Å²) in [5, 5.41) is 13.3. The molecule has 0 radical (unpaired) electrons.